The van der Waals surface area contributed by atoms with Crippen LogP contribution >= 0.6 is 11.8 Å². The highest BCUT2D eigenvalue weighted by Crippen LogP contribution is 2.22. The summed E-state index contributed by atoms with van der Waals surface area (Å²) < 4.78 is 9.93. The van der Waals surface area contributed by atoms with Crippen molar-refractivity contribution in [2.45, 2.75) is 6.04 Å². The quantitative estimate of drug-likeness (QED) is 0.720. The maximum absolute atomic E-state index is 12.3. The Bertz CT molecular complexity index is 307. The third kappa shape index (κ3) is 4.55. The van der Waals surface area contributed by atoms with Gasteiger partial charge in [-0.25, -0.2) is 9.59 Å². The van der Waals surface area contributed by atoms with Gasteiger partial charge in [0.1, 0.15) is 6.04 Å². The minimum absolute atomic E-state index is 0.272. The molecule has 1 rings (SSSR count). The summed E-state index contributed by atoms with van der Waals surface area (Å²) in [6.45, 7) is 1.67. The average Bonchev–Trinajstić information content (AvgIpc) is 2.87. The second-order valence-corrected chi connectivity index (χ2v) is 5.08. The minimum Gasteiger partial charge on any atom is -0.480 e. The van der Waals surface area contributed by atoms with E-state index in [9.17, 15) is 9.59 Å². The lowest BCUT2D eigenvalue weighted by molar-refractivity contribution is -0.140. The van der Waals surface area contributed by atoms with Crippen LogP contribution in [0.1, 0.15) is 0 Å². The van der Waals surface area contributed by atoms with E-state index in [-0.39, 0.29) is 6.03 Å². The highest BCUT2D eigenvalue weighted by molar-refractivity contribution is 7.99. The number of methoxy groups -OCH3 is 2. The number of urea groups is 1. The summed E-state index contributed by atoms with van der Waals surface area (Å²) in [5.74, 6) is -0.118. The van der Waals surface area contributed by atoms with Gasteiger partial charge in [0.15, 0.2) is 0 Å². The van der Waals surface area contributed by atoms with Crippen LogP contribution < -0.4 is 0 Å². The second kappa shape index (κ2) is 8.23. The number of thioether (sulfide) groups is 1. The van der Waals surface area contributed by atoms with E-state index in [2.05, 4.69) is 0 Å². The molecular formula is C11H20N2O5S. The molecule has 0 radical (unpaired) electrons. The molecule has 1 N–H and O–H groups in total. The van der Waals surface area contributed by atoms with Gasteiger partial charge in [-0.2, -0.15) is 0 Å². The van der Waals surface area contributed by atoms with E-state index in [4.69, 9.17) is 14.6 Å². The van der Waals surface area contributed by atoms with Gasteiger partial charge in [-0.15, -0.1) is 11.8 Å². The predicted octanol–water partition coefficient (Wildman–Crippen LogP) is 0.161. The molecule has 1 unspecified atom stereocenters. The average molecular weight is 292 g/mol. The first-order valence-electron chi connectivity index (χ1n) is 5.95. The summed E-state index contributed by atoms with van der Waals surface area (Å²) in [6.07, 6.45) is 0. The van der Waals surface area contributed by atoms with Crippen LogP contribution in [0.2, 0.25) is 0 Å². The van der Waals surface area contributed by atoms with Crippen molar-refractivity contribution < 1.29 is 24.2 Å². The Labute approximate surface area is 116 Å². The number of rotatable bonds is 7. The molecule has 0 bridgehead atoms. The summed E-state index contributed by atoms with van der Waals surface area (Å²) in [5.41, 5.74) is 0. The number of hydrogen-bond acceptors (Lipinski definition) is 5. The van der Waals surface area contributed by atoms with Gasteiger partial charge in [-0.1, -0.05) is 0 Å². The van der Waals surface area contributed by atoms with E-state index in [0.29, 0.717) is 37.9 Å². The summed E-state index contributed by atoms with van der Waals surface area (Å²) in [7, 11) is 3.12. The molecule has 0 saturated carbocycles. The molecule has 2 amide bonds. The number of amides is 2. The summed E-state index contributed by atoms with van der Waals surface area (Å²) >= 11 is 1.45. The molecule has 1 aliphatic heterocycles. The molecule has 0 aromatic heterocycles. The van der Waals surface area contributed by atoms with Gasteiger partial charge < -0.3 is 24.4 Å². The molecule has 1 saturated heterocycles. The Morgan fingerprint density at radius 2 is 1.89 bits per heavy atom. The molecule has 8 heteroatoms. The van der Waals surface area contributed by atoms with Crippen LogP contribution in [-0.4, -0.2) is 85.1 Å². The second-order valence-electron chi connectivity index (χ2n) is 4.08. The molecule has 1 atom stereocenters. The highest BCUT2D eigenvalue weighted by Gasteiger charge is 2.36. The zero-order chi connectivity index (χ0) is 14.3. The Morgan fingerprint density at radius 1 is 1.32 bits per heavy atom. The van der Waals surface area contributed by atoms with Gasteiger partial charge in [-0.3, -0.25) is 0 Å². The van der Waals surface area contributed by atoms with Crippen molar-refractivity contribution in [1.82, 2.24) is 9.80 Å². The van der Waals surface area contributed by atoms with E-state index in [1.54, 1.807) is 19.1 Å². The van der Waals surface area contributed by atoms with Crippen LogP contribution in [0, 0.1) is 0 Å². The molecule has 1 aliphatic rings. The first kappa shape index (κ1) is 16.1. The third-order valence-electron chi connectivity index (χ3n) is 2.81. The van der Waals surface area contributed by atoms with Crippen molar-refractivity contribution in [3.8, 4) is 0 Å². The lowest BCUT2D eigenvalue weighted by atomic mass is 10.3. The van der Waals surface area contributed by atoms with Crippen LogP contribution in [0.5, 0.6) is 0 Å². The number of carbonyl (C=O) groups excluding carboxylic acids is 1. The van der Waals surface area contributed by atoms with Crippen LogP contribution in [0.25, 0.3) is 0 Å². The van der Waals surface area contributed by atoms with Crippen LogP contribution in [0.4, 0.5) is 4.79 Å². The van der Waals surface area contributed by atoms with Gasteiger partial charge in [-0.05, 0) is 0 Å². The van der Waals surface area contributed by atoms with Crippen molar-refractivity contribution in [2.75, 3.05) is 52.2 Å². The Kier molecular flexibility index (Phi) is 6.96. The van der Waals surface area contributed by atoms with Gasteiger partial charge in [0.25, 0.3) is 0 Å². The molecule has 0 spiro atoms. The molecule has 1 heterocycles. The maximum Gasteiger partial charge on any atom is 0.327 e. The number of carbonyl (C=O) groups is 2. The molecule has 0 aromatic rings. The Hall–Kier alpha value is -0.990. The molecule has 1 fully saturated rings. The standard InChI is InChI=1S/C11H20N2O5S/c1-17-5-3-12(4-6-18-2)11(16)13-8-19-7-9(13)10(14)15/h9H,3-8H2,1-2H3,(H,14,15). The van der Waals surface area contributed by atoms with Crippen molar-refractivity contribution in [3.63, 3.8) is 0 Å². The van der Waals surface area contributed by atoms with E-state index in [1.807, 2.05) is 0 Å². The first-order valence-corrected chi connectivity index (χ1v) is 7.11. The molecule has 0 aromatic carbocycles. The fraction of sp³-hybridized carbons (Fsp3) is 0.818. The zero-order valence-electron chi connectivity index (χ0n) is 11.2. The predicted molar refractivity (Wildman–Crippen MR) is 71.3 cm³/mol. The molecule has 0 aliphatic carbocycles. The summed E-state index contributed by atoms with van der Waals surface area (Å²) in [4.78, 5) is 26.4. The molecule has 7 nitrogen and oxygen atoms in total. The van der Waals surface area contributed by atoms with Crippen molar-refractivity contribution >= 4 is 23.8 Å². The fourth-order valence-electron chi connectivity index (χ4n) is 1.72. The molecule has 110 valence electrons. The zero-order valence-corrected chi connectivity index (χ0v) is 12.0. The summed E-state index contributed by atoms with van der Waals surface area (Å²) in [6, 6.07) is -1.02. The smallest absolute Gasteiger partial charge is 0.327 e. The minimum atomic E-state index is -0.961. The SMILES string of the molecule is COCCN(CCOC)C(=O)N1CSCC1C(=O)O. The number of carboxylic acids is 1. The van der Waals surface area contributed by atoms with Gasteiger partial charge in [0.05, 0.1) is 19.1 Å². The largest absolute Gasteiger partial charge is 0.480 e. The monoisotopic (exact) mass is 292 g/mol. The molecular weight excluding hydrogens is 272 g/mol. The van der Waals surface area contributed by atoms with Crippen LogP contribution in [0.3, 0.4) is 0 Å². The third-order valence-corrected chi connectivity index (χ3v) is 3.83. The maximum atomic E-state index is 12.3. The van der Waals surface area contributed by atoms with Gasteiger partial charge in [0, 0.05) is 33.1 Å². The van der Waals surface area contributed by atoms with Crippen molar-refractivity contribution in [3.05, 3.63) is 0 Å². The normalized spacial score (nSPS) is 18.6. The van der Waals surface area contributed by atoms with E-state index >= 15 is 0 Å². The van der Waals surface area contributed by atoms with E-state index < -0.39 is 12.0 Å². The van der Waals surface area contributed by atoms with Crippen molar-refractivity contribution in [1.29, 1.82) is 0 Å². The molecule has 19 heavy (non-hydrogen) atoms. The van der Waals surface area contributed by atoms with E-state index in [0.717, 1.165) is 0 Å². The number of hydrogen-bond donors (Lipinski definition) is 1. The van der Waals surface area contributed by atoms with E-state index in [1.165, 1.54) is 16.7 Å². The number of aliphatic carboxylic acids is 1. The summed E-state index contributed by atoms with van der Waals surface area (Å²) in [5, 5.41) is 9.09. The Morgan fingerprint density at radius 3 is 2.37 bits per heavy atom. The lowest BCUT2D eigenvalue weighted by Gasteiger charge is -2.29. The van der Waals surface area contributed by atoms with Crippen LogP contribution in [-0.2, 0) is 14.3 Å². The first-order chi connectivity index (χ1) is 9.11. The highest BCUT2D eigenvalue weighted by atomic mass is 32.2. The Balaban J connectivity index is 2.65. The van der Waals surface area contributed by atoms with Crippen LogP contribution in [0.15, 0.2) is 0 Å². The van der Waals surface area contributed by atoms with Gasteiger partial charge in [0.2, 0.25) is 0 Å². The number of nitrogens with zero attached hydrogens (tertiary/aromatic N) is 2. The van der Waals surface area contributed by atoms with Crippen molar-refractivity contribution in [2.24, 2.45) is 0 Å². The fourth-order valence-corrected chi connectivity index (χ4v) is 2.86. The van der Waals surface area contributed by atoms with Gasteiger partial charge >= 0.3 is 12.0 Å². The number of ether oxygens (including phenoxy) is 2. The number of carboxylic acid groups (broad SMARTS) is 1. The topological polar surface area (TPSA) is 79.3 Å². The lowest BCUT2D eigenvalue weighted by Crippen LogP contribution is -2.50.